The number of nitrogens with one attached hydrogen (secondary N) is 1. The van der Waals surface area contributed by atoms with Gasteiger partial charge in [-0.1, -0.05) is 0 Å². The third kappa shape index (κ3) is 7.00. The number of rotatable bonds is 4. The fourth-order valence-electron chi connectivity index (χ4n) is 7.53. The molecule has 4 aromatic carbocycles. The number of aromatic amines is 1. The maximum atomic E-state index is 16.5. The van der Waals surface area contributed by atoms with Crippen LogP contribution in [0.3, 0.4) is 0 Å². The minimum atomic E-state index is -3.15. The summed E-state index contributed by atoms with van der Waals surface area (Å²) in [7, 11) is 0. The van der Waals surface area contributed by atoms with E-state index in [2.05, 4.69) is 15.0 Å². The molecule has 0 spiro atoms. The molecule has 0 aliphatic carbocycles. The van der Waals surface area contributed by atoms with Crippen molar-refractivity contribution in [2.75, 3.05) is 0 Å². The van der Waals surface area contributed by atoms with Gasteiger partial charge in [0.25, 0.3) is 0 Å². The van der Waals surface area contributed by atoms with Gasteiger partial charge in [-0.3, -0.25) is 0 Å². The van der Waals surface area contributed by atoms with Gasteiger partial charge in [-0.15, -0.1) is 12.4 Å². The molecule has 0 fully saturated rings. The van der Waals surface area contributed by atoms with Crippen LogP contribution in [-0.2, 0) is 0 Å². The summed E-state index contributed by atoms with van der Waals surface area (Å²) in [4.78, 5) is 10.8. The molecule has 0 atom stereocenters. The molecule has 25 heteroatoms. The third-order valence-electron chi connectivity index (χ3n) is 10.5. The van der Waals surface area contributed by atoms with E-state index in [-0.39, 0.29) is 35.2 Å². The average molecular weight is 1010 g/mol. The van der Waals surface area contributed by atoms with Crippen molar-refractivity contribution in [2.45, 2.75) is 0 Å². The van der Waals surface area contributed by atoms with Gasteiger partial charge in [-0.05, 0) is 54.6 Å². The summed E-state index contributed by atoms with van der Waals surface area (Å²) < 4.78 is 313. The summed E-state index contributed by atoms with van der Waals surface area (Å²) in [6.45, 7) is 0. The van der Waals surface area contributed by atoms with Crippen LogP contribution in [0.15, 0.2) is 30.3 Å². The number of nitrogens with zero attached hydrogens (tertiary/aromatic N) is 3. The number of hydrogen-bond acceptors (Lipinski definition) is 2. The molecular weight excluding hydrogens is 1000 g/mol. The Bertz CT molecular complexity index is 3590. The van der Waals surface area contributed by atoms with Crippen LogP contribution in [0.25, 0.3) is 85.4 Å². The molecule has 3 aromatic heterocycles. The molecule has 1 N–H and O–H groups in total. The zero-order valence-electron chi connectivity index (χ0n) is 32.5. The normalized spacial score (nSPS) is 12.1. The topological polar surface area (TPSA) is 46.5 Å². The van der Waals surface area contributed by atoms with Crippen molar-refractivity contribution >= 4 is 58.8 Å². The van der Waals surface area contributed by atoms with Gasteiger partial charge in [0.15, 0.2) is 93.1 Å². The highest BCUT2D eigenvalue weighted by Crippen LogP contribution is 2.52. The second-order valence-corrected chi connectivity index (χ2v) is 14.3. The average Bonchev–Trinajstić information content (AvgIpc) is 4.14. The van der Waals surface area contributed by atoms with E-state index in [9.17, 15) is 17.6 Å². The highest BCUT2D eigenvalue weighted by Gasteiger charge is 2.41. The molecular formula is C44H11ClF20N4. The summed E-state index contributed by atoms with van der Waals surface area (Å²) >= 11 is 0. The van der Waals surface area contributed by atoms with Crippen LogP contribution in [0.4, 0.5) is 87.8 Å². The van der Waals surface area contributed by atoms with Crippen LogP contribution in [-0.4, -0.2) is 19.5 Å². The summed E-state index contributed by atoms with van der Waals surface area (Å²) in [6.07, 6.45) is 3.17. The summed E-state index contributed by atoms with van der Waals surface area (Å²) in [5, 5.41) is 0. The van der Waals surface area contributed by atoms with Crippen molar-refractivity contribution in [3.63, 3.8) is 0 Å². The molecule has 2 aliphatic rings. The Morgan fingerprint density at radius 1 is 0.319 bits per heavy atom. The van der Waals surface area contributed by atoms with Gasteiger partial charge < -0.3 is 9.55 Å². The van der Waals surface area contributed by atoms with Gasteiger partial charge in [-0.25, -0.2) is 97.8 Å². The lowest BCUT2D eigenvalue weighted by Crippen LogP contribution is -2.11. The van der Waals surface area contributed by atoms with E-state index in [0.29, 0.717) is 6.08 Å². The maximum absolute atomic E-state index is 16.5. The smallest absolute Gasteiger partial charge is 0.200 e. The molecule has 5 heterocycles. The van der Waals surface area contributed by atoms with Gasteiger partial charge in [0.1, 0.15) is 5.69 Å². The van der Waals surface area contributed by atoms with Crippen molar-refractivity contribution < 1.29 is 87.8 Å². The minimum absolute atomic E-state index is 0. The molecule has 4 nitrogen and oxygen atoms in total. The Morgan fingerprint density at radius 3 is 1.06 bits per heavy atom. The first-order valence-electron chi connectivity index (χ1n) is 18.3. The molecule has 0 amide bonds. The van der Waals surface area contributed by atoms with E-state index in [1.165, 1.54) is 18.2 Å². The molecule has 69 heavy (non-hydrogen) atoms. The van der Waals surface area contributed by atoms with E-state index in [1.807, 2.05) is 0 Å². The third-order valence-corrected chi connectivity index (χ3v) is 10.5. The number of H-pyrrole nitrogens is 1. The van der Waals surface area contributed by atoms with Crippen LogP contribution in [0.5, 0.6) is 0 Å². The molecule has 0 saturated heterocycles. The fourth-order valence-corrected chi connectivity index (χ4v) is 7.53. The van der Waals surface area contributed by atoms with Crippen molar-refractivity contribution in [1.82, 2.24) is 19.5 Å². The van der Waals surface area contributed by atoms with E-state index < -0.39 is 188 Å². The van der Waals surface area contributed by atoms with E-state index in [1.54, 1.807) is 0 Å². The molecule has 0 unspecified atom stereocenters. The molecule has 0 saturated carbocycles. The zero-order chi connectivity index (χ0) is 49.3. The molecule has 2 aliphatic heterocycles. The Morgan fingerprint density at radius 2 is 0.638 bits per heavy atom. The second kappa shape index (κ2) is 16.9. The lowest BCUT2D eigenvalue weighted by atomic mass is 9.91. The zero-order valence-corrected chi connectivity index (χ0v) is 33.3. The van der Waals surface area contributed by atoms with Gasteiger partial charge in [0.05, 0.1) is 50.5 Å². The van der Waals surface area contributed by atoms with E-state index in [0.717, 1.165) is 24.3 Å². The standard InChI is InChI=1S/C44H10F20N4.ClH/c45-23-20(24(46)30(52)35(57)29(23)51)17-15-6-5-13(67-15)8-12-2-1-10(65-12)7-11-3-4-14(66-11)9-16-18(21-25(47)31(53)36(58)32(54)26(21)48)19(22-27(49)33(55)37(59)34(56)28(22)50)43(17)68(16)44-41(63)39(61)38(60)40(62)42(44)64;/h1-9,65H;1H. The molecule has 8 bridgehead atoms. The van der Waals surface area contributed by atoms with Crippen LogP contribution in [0.1, 0.15) is 22.8 Å². The van der Waals surface area contributed by atoms with Gasteiger partial charge >= 0.3 is 0 Å². The van der Waals surface area contributed by atoms with E-state index in [4.69, 9.17) is 0 Å². The van der Waals surface area contributed by atoms with Crippen LogP contribution in [0.2, 0.25) is 0 Å². The lowest BCUT2D eigenvalue weighted by Gasteiger charge is -2.17. The van der Waals surface area contributed by atoms with Crippen LogP contribution >= 0.6 is 12.4 Å². The molecule has 354 valence electrons. The van der Waals surface area contributed by atoms with Crippen molar-refractivity contribution in [1.29, 1.82) is 0 Å². The highest BCUT2D eigenvalue weighted by atomic mass is 35.5. The Hall–Kier alpha value is -7.63. The predicted octanol–water partition coefficient (Wildman–Crippen LogP) is 14.3. The first kappa shape index (κ1) is 47.8. The number of hydrogen-bond donors (Lipinski definition) is 1. The van der Waals surface area contributed by atoms with E-state index >= 15 is 70.2 Å². The monoisotopic (exact) mass is 1010 g/mol. The van der Waals surface area contributed by atoms with Gasteiger partial charge in [0, 0.05) is 27.7 Å². The Labute approximate surface area is 374 Å². The fraction of sp³-hybridized carbons (Fsp3) is 0. The lowest BCUT2D eigenvalue weighted by molar-refractivity contribution is 0.376. The number of halogens is 21. The highest BCUT2D eigenvalue weighted by molar-refractivity contribution is 6.11. The Balaban J connectivity index is 0.00000642. The molecule has 9 rings (SSSR count). The van der Waals surface area contributed by atoms with Crippen LogP contribution in [0, 0.1) is 116 Å². The van der Waals surface area contributed by atoms with Crippen LogP contribution < -0.4 is 0 Å². The van der Waals surface area contributed by atoms with Crippen molar-refractivity contribution in [3.8, 4) is 39.1 Å². The van der Waals surface area contributed by atoms with Gasteiger partial charge in [-0.2, -0.15) is 0 Å². The SMILES string of the molecule is Cl.Fc1c(F)c(F)c(-c2c(-c3c(F)c(F)c(F)c(F)c3F)c3c(-c4c(F)c(F)c(F)c(F)c4F)c4nc(cc5ccc(cc6nc(cc2n3-c2c(F)c(F)c(F)c(F)c2F)C=C6)[nH]5)C=C4)c(F)c1F. The minimum Gasteiger partial charge on any atom is -0.355 e. The maximum Gasteiger partial charge on any atom is 0.200 e. The van der Waals surface area contributed by atoms with Crippen molar-refractivity contribution in [3.05, 3.63) is 169 Å². The first-order valence-corrected chi connectivity index (χ1v) is 18.3. The number of aromatic nitrogens is 4. The van der Waals surface area contributed by atoms with Gasteiger partial charge in [0.2, 0.25) is 23.3 Å². The number of benzene rings is 4. The number of fused-ring (bicyclic) bond motifs is 8. The summed E-state index contributed by atoms with van der Waals surface area (Å²) in [5.41, 5.74) is -24.1. The Kier molecular flexibility index (Phi) is 11.7. The van der Waals surface area contributed by atoms with Crippen molar-refractivity contribution in [2.24, 2.45) is 0 Å². The second-order valence-electron chi connectivity index (χ2n) is 14.3. The quantitative estimate of drug-likeness (QED) is 0.108. The molecule has 0 radical (unpaired) electrons. The summed E-state index contributed by atoms with van der Waals surface area (Å²) in [5.74, 6) is -61.3. The largest absolute Gasteiger partial charge is 0.355 e. The first-order chi connectivity index (χ1) is 32.1. The molecule has 7 aromatic rings. The predicted molar refractivity (Wildman–Crippen MR) is 207 cm³/mol. The summed E-state index contributed by atoms with van der Waals surface area (Å²) in [6, 6.07) is 5.15.